The Labute approximate surface area is 97.8 Å². The Hall–Kier alpha value is 0. The lowest BCUT2D eigenvalue weighted by Crippen LogP contribution is -2.13. The molecule has 0 aliphatic carbocycles. The fraction of sp³-hybridized carbons (Fsp3) is 0.933. The summed E-state index contributed by atoms with van der Waals surface area (Å²) in [5.74, 6) is 3.42. The largest absolute Gasteiger partial charge is 0.0628 e. The fourth-order valence-electron chi connectivity index (χ4n) is 2.04. The molecule has 1 unspecified atom stereocenters. The monoisotopic (exact) mass is 211 g/mol. The summed E-state index contributed by atoms with van der Waals surface area (Å²) in [5.41, 5.74) is 0. The quantitative estimate of drug-likeness (QED) is 0.508. The highest BCUT2D eigenvalue weighted by molar-refractivity contribution is 4.69. The first kappa shape index (κ1) is 15.0. The van der Waals surface area contributed by atoms with E-state index in [1.54, 1.807) is 0 Å². The second-order valence-corrected chi connectivity index (χ2v) is 5.97. The summed E-state index contributed by atoms with van der Waals surface area (Å²) in [5, 5.41) is 0. The molecule has 0 heteroatoms. The average Bonchev–Trinajstić information content (AvgIpc) is 2.16. The zero-order valence-electron chi connectivity index (χ0n) is 11.6. The van der Waals surface area contributed by atoms with Crippen molar-refractivity contribution in [3.05, 3.63) is 6.92 Å². The zero-order chi connectivity index (χ0) is 11.8. The Bertz CT molecular complexity index is 123. The van der Waals surface area contributed by atoms with E-state index in [2.05, 4.69) is 41.5 Å². The van der Waals surface area contributed by atoms with Crippen LogP contribution in [0, 0.1) is 30.6 Å². The van der Waals surface area contributed by atoms with Crippen molar-refractivity contribution >= 4 is 0 Å². The van der Waals surface area contributed by atoms with Gasteiger partial charge in [-0.25, -0.2) is 0 Å². The van der Waals surface area contributed by atoms with Crippen molar-refractivity contribution in [2.24, 2.45) is 23.7 Å². The second kappa shape index (κ2) is 8.19. The van der Waals surface area contributed by atoms with Gasteiger partial charge in [-0.2, -0.15) is 0 Å². The molecule has 0 saturated carbocycles. The van der Waals surface area contributed by atoms with Gasteiger partial charge in [-0.05, 0) is 36.5 Å². The summed E-state index contributed by atoms with van der Waals surface area (Å²) in [4.78, 5) is 0. The van der Waals surface area contributed by atoms with Crippen LogP contribution < -0.4 is 0 Å². The highest BCUT2D eigenvalue weighted by Crippen LogP contribution is 2.28. The van der Waals surface area contributed by atoms with Crippen LogP contribution in [0.5, 0.6) is 0 Å². The minimum Gasteiger partial charge on any atom is -0.0628 e. The molecule has 0 aromatic carbocycles. The van der Waals surface area contributed by atoms with E-state index in [1.807, 2.05) is 0 Å². The lowest BCUT2D eigenvalue weighted by molar-refractivity contribution is 0.277. The molecular weight excluding hydrogens is 180 g/mol. The van der Waals surface area contributed by atoms with E-state index >= 15 is 0 Å². The molecular formula is C15H31. The predicted molar refractivity (Wildman–Crippen MR) is 70.8 cm³/mol. The molecule has 0 rings (SSSR count). The normalized spacial score (nSPS) is 14.2. The number of rotatable bonds is 8. The Morgan fingerprint density at radius 1 is 0.733 bits per heavy atom. The Balaban J connectivity index is 3.95. The molecule has 91 valence electrons. The summed E-state index contributed by atoms with van der Waals surface area (Å²) < 4.78 is 0. The summed E-state index contributed by atoms with van der Waals surface area (Å²) in [7, 11) is 0. The van der Waals surface area contributed by atoms with E-state index in [0.29, 0.717) is 0 Å². The van der Waals surface area contributed by atoms with E-state index in [4.69, 9.17) is 0 Å². The molecule has 1 radical (unpaired) electrons. The van der Waals surface area contributed by atoms with Crippen LogP contribution in [-0.2, 0) is 0 Å². The van der Waals surface area contributed by atoms with E-state index in [9.17, 15) is 0 Å². The van der Waals surface area contributed by atoms with Crippen LogP contribution in [0.15, 0.2) is 0 Å². The third kappa shape index (κ3) is 7.88. The van der Waals surface area contributed by atoms with Gasteiger partial charge in [0.1, 0.15) is 0 Å². The van der Waals surface area contributed by atoms with Crippen molar-refractivity contribution < 1.29 is 0 Å². The van der Waals surface area contributed by atoms with E-state index in [0.717, 1.165) is 30.1 Å². The van der Waals surface area contributed by atoms with Gasteiger partial charge in [0.25, 0.3) is 0 Å². The minimum atomic E-state index is 0.808. The summed E-state index contributed by atoms with van der Waals surface area (Å²) >= 11 is 0. The van der Waals surface area contributed by atoms with Crippen LogP contribution in [0.3, 0.4) is 0 Å². The molecule has 0 saturated heterocycles. The SMILES string of the molecule is [CH2]CC(C)C(CCC(C)C)CCC(C)C. The fourth-order valence-corrected chi connectivity index (χ4v) is 2.04. The highest BCUT2D eigenvalue weighted by atomic mass is 14.2. The van der Waals surface area contributed by atoms with Gasteiger partial charge in [0, 0.05) is 0 Å². The molecule has 0 aliphatic heterocycles. The van der Waals surface area contributed by atoms with Crippen molar-refractivity contribution in [1.82, 2.24) is 0 Å². The van der Waals surface area contributed by atoms with Crippen LogP contribution >= 0.6 is 0 Å². The van der Waals surface area contributed by atoms with Gasteiger partial charge in [0.2, 0.25) is 0 Å². The van der Waals surface area contributed by atoms with Crippen LogP contribution in [-0.4, -0.2) is 0 Å². The average molecular weight is 211 g/mol. The van der Waals surface area contributed by atoms with Crippen LogP contribution in [0.4, 0.5) is 0 Å². The van der Waals surface area contributed by atoms with Crippen LogP contribution in [0.2, 0.25) is 0 Å². The van der Waals surface area contributed by atoms with Crippen molar-refractivity contribution in [2.75, 3.05) is 0 Å². The molecule has 0 N–H and O–H groups in total. The number of hydrogen-bond acceptors (Lipinski definition) is 0. The number of hydrogen-bond donors (Lipinski definition) is 0. The van der Waals surface area contributed by atoms with E-state index in [1.165, 1.54) is 25.7 Å². The van der Waals surface area contributed by atoms with Crippen LogP contribution in [0.1, 0.15) is 66.7 Å². The summed E-state index contributed by atoms with van der Waals surface area (Å²) in [6.07, 6.45) is 6.67. The lowest BCUT2D eigenvalue weighted by atomic mass is 9.82. The highest BCUT2D eigenvalue weighted by Gasteiger charge is 2.16. The van der Waals surface area contributed by atoms with Crippen molar-refractivity contribution in [1.29, 1.82) is 0 Å². The molecule has 0 amide bonds. The minimum absolute atomic E-state index is 0.808. The standard InChI is InChI=1S/C15H31/c1-7-14(6)15(10-8-12(2)3)11-9-13(4)5/h12-15H,1,7-11H2,2-6H3. The topological polar surface area (TPSA) is 0 Å². The van der Waals surface area contributed by atoms with Crippen molar-refractivity contribution in [3.8, 4) is 0 Å². The van der Waals surface area contributed by atoms with Crippen molar-refractivity contribution in [2.45, 2.75) is 66.7 Å². The molecule has 0 aromatic rings. The first-order valence-electron chi connectivity index (χ1n) is 6.76. The third-order valence-electron chi connectivity index (χ3n) is 3.49. The van der Waals surface area contributed by atoms with Gasteiger partial charge >= 0.3 is 0 Å². The van der Waals surface area contributed by atoms with Crippen LogP contribution in [0.25, 0.3) is 0 Å². The zero-order valence-corrected chi connectivity index (χ0v) is 11.6. The second-order valence-electron chi connectivity index (χ2n) is 5.97. The van der Waals surface area contributed by atoms with Gasteiger partial charge in [0.05, 0.1) is 0 Å². The molecule has 1 atom stereocenters. The van der Waals surface area contributed by atoms with E-state index in [-0.39, 0.29) is 0 Å². The van der Waals surface area contributed by atoms with Crippen molar-refractivity contribution in [3.63, 3.8) is 0 Å². The summed E-state index contributed by atoms with van der Waals surface area (Å²) in [6.45, 7) is 15.7. The Morgan fingerprint density at radius 3 is 1.40 bits per heavy atom. The maximum Gasteiger partial charge on any atom is -0.0388 e. The third-order valence-corrected chi connectivity index (χ3v) is 3.49. The van der Waals surface area contributed by atoms with Gasteiger partial charge in [-0.1, -0.05) is 60.8 Å². The van der Waals surface area contributed by atoms with Gasteiger partial charge in [-0.3, -0.25) is 0 Å². The molecule has 0 fully saturated rings. The first-order valence-corrected chi connectivity index (χ1v) is 6.76. The molecule has 0 spiro atoms. The molecule has 0 bridgehead atoms. The summed E-state index contributed by atoms with van der Waals surface area (Å²) in [6, 6.07) is 0. The maximum absolute atomic E-state index is 4.06. The molecule has 15 heavy (non-hydrogen) atoms. The lowest BCUT2D eigenvalue weighted by Gasteiger charge is -2.24. The Morgan fingerprint density at radius 2 is 1.13 bits per heavy atom. The smallest absolute Gasteiger partial charge is 0.0388 e. The molecule has 0 aromatic heterocycles. The Kier molecular flexibility index (Phi) is 8.19. The molecule has 0 heterocycles. The van der Waals surface area contributed by atoms with Gasteiger partial charge < -0.3 is 0 Å². The van der Waals surface area contributed by atoms with Gasteiger partial charge in [-0.15, -0.1) is 0 Å². The van der Waals surface area contributed by atoms with Gasteiger partial charge in [0.15, 0.2) is 0 Å². The van der Waals surface area contributed by atoms with E-state index < -0.39 is 0 Å². The first-order chi connectivity index (χ1) is 6.97. The molecule has 0 nitrogen and oxygen atoms in total. The maximum atomic E-state index is 4.06. The molecule has 0 aliphatic rings. The predicted octanol–water partition coefficient (Wildman–Crippen LogP) is 5.34.